The average Bonchev–Trinajstić information content (AvgIpc) is 2.79. The van der Waals surface area contributed by atoms with Gasteiger partial charge in [0.15, 0.2) is 0 Å². The molecule has 0 saturated carbocycles. The summed E-state index contributed by atoms with van der Waals surface area (Å²) < 4.78 is 1.70. The van der Waals surface area contributed by atoms with Crippen LogP contribution in [0.15, 0.2) is 48.5 Å². The van der Waals surface area contributed by atoms with Gasteiger partial charge in [0.1, 0.15) is 5.40 Å². The van der Waals surface area contributed by atoms with Crippen LogP contribution in [0.25, 0.3) is 21.8 Å². The van der Waals surface area contributed by atoms with Gasteiger partial charge in [0, 0.05) is 10.8 Å². The summed E-state index contributed by atoms with van der Waals surface area (Å²) in [6.07, 6.45) is 0. The molecule has 2 aromatic carbocycles. The van der Waals surface area contributed by atoms with Gasteiger partial charge in [0.25, 0.3) is 0 Å². The van der Waals surface area contributed by atoms with Gasteiger partial charge in [-0.25, -0.2) is 0 Å². The third-order valence-electron chi connectivity index (χ3n) is 3.09. The Morgan fingerprint density at radius 3 is 2.11 bits per heavy atom. The van der Waals surface area contributed by atoms with Crippen LogP contribution < -0.4 is 0 Å². The average molecular weight is 266 g/mol. The molecular weight excluding hydrogens is 256 g/mol. The summed E-state index contributed by atoms with van der Waals surface area (Å²) in [6.45, 7) is 0. The fraction of sp³-hybridized carbons (Fsp3) is 0.0667. The lowest BCUT2D eigenvalue weighted by Gasteiger charge is -2.03. The van der Waals surface area contributed by atoms with Crippen molar-refractivity contribution in [3.05, 3.63) is 48.5 Å². The van der Waals surface area contributed by atoms with Crippen molar-refractivity contribution in [2.45, 2.75) is 0 Å². The molecule has 0 unspecified atom stereocenters. The SMILES string of the molecule is N#CSCC(=O)n1c2ccccc2c2ccccc21. The van der Waals surface area contributed by atoms with E-state index in [0.29, 0.717) is 0 Å². The fourth-order valence-electron chi connectivity index (χ4n) is 2.35. The summed E-state index contributed by atoms with van der Waals surface area (Å²) in [7, 11) is 0. The largest absolute Gasteiger partial charge is 0.279 e. The molecule has 3 rings (SSSR count). The molecule has 3 aromatic rings. The second kappa shape index (κ2) is 4.79. The van der Waals surface area contributed by atoms with Crippen molar-refractivity contribution in [3.63, 3.8) is 0 Å². The van der Waals surface area contributed by atoms with Crippen molar-refractivity contribution in [2.75, 3.05) is 5.75 Å². The second-order valence-corrected chi connectivity index (χ2v) is 4.90. The Morgan fingerprint density at radius 2 is 1.58 bits per heavy atom. The smallest absolute Gasteiger partial charge is 0.242 e. The molecule has 0 spiro atoms. The first-order chi connectivity index (χ1) is 9.33. The van der Waals surface area contributed by atoms with Crippen molar-refractivity contribution in [3.8, 4) is 5.40 Å². The molecule has 0 N–H and O–H groups in total. The van der Waals surface area contributed by atoms with Gasteiger partial charge in [0.2, 0.25) is 5.91 Å². The Morgan fingerprint density at radius 1 is 1.05 bits per heavy atom. The summed E-state index contributed by atoms with van der Waals surface area (Å²) in [4.78, 5) is 12.3. The summed E-state index contributed by atoms with van der Waals surface area (Å²) in [5.74, 6) is 0.100. The summed E-state index contributed by atoms with van der Waals surface area (Å²) in [5.41, 5.74) is 1.79. The monoisotopic (exact) mass is 266 g/mol. The highest BCUT2D eigenvalue weighted by Crippen LogP contribution is 2.28. The number of para-hydroxylation sites is 2. The predicted octanol–water partition coefficient (Wildman–Crippen LogP) is 3.65. The van der Waals surface area contributed by atoms with Crippen LogP contribution in [-0.4, -0.2) is 16.2 Å². The first-order valence-corrected chi connectivity index (χ1v) is 6.84. The van der Waals surface area contributed by atoms with E-state index in [0.717, 1.165) is 33.6 Å². The molecule has 3 nitrogen and oxygen atoms in total. The third-order valence-corrected chi connectivity index (χ3v) is 3.61. The van der Waals surface area contributed by atoms with Crippen LogP contribution in [0.1, 0.15) is 4.79 Å². The number of fused-ring (bicyclic) bond motifs is 3. The van der Waals surface area contributed by atoms with Gasteiger partial charge >= 0.3 is 0 Å². The Balaban J connectivity index is 2.31. The quantitative estimate of drug-likeness (QED) is 0.665. The zero-order valence-corrected chi connectivity index (χ0v) is 10.9. The van der Waals surface area contributed by atoms with Crippen molar-refractivity contribution in [1.29, 1.82) is 5.26 Å². The maximum Gasteiger partial charge on any atom is 0.242 e. The first-order valence-electron chi connectivity index (χ1n) is 5.85. The maximum atomic E-state index is 12.3. The van der Waals surface area contributed by atoms with Crippen LogP contribution in [-0.2, 0) is 0 Å². The molecule has 1 heterocycles. The number of aromatic nitrogens is 1. The van der Waals surface area contributed by atoms with E-state index in [1.54, 1.807) is 4.57 Å². The second-order valence-electron chi connectivity index (χ2n) is 4.14. The van der Waals surface area contributed by atoms with Gasteiger partial charge < -0.3 is 0 Å². The number of thioether (sulfide) groups is 1. The number of thiocyanates is 1. The van der Waals surface area contributed by atoms with E-state index in [-0.39, 0.29) is 11.7 Å². The van der Waals surface area contributed by atoms with E-state index in [4.69, 9.17) is 5.26 Å². The predicted molar refractivity (Wildman–Crippen MR) is 78.1 cm³/mol. The molecule has 19 heavy (non-hydrogen) atoms. The van der Waals surface area contributed by atoms with Crippen LogP contribution in [0.4, 0.5) is 0 Å². The molecule has 0 amide bonds. The topological polar surface area (TPSA) is 45.8 Å². The van der Waals surface area contributed by atoms with Gasteiger partial charge in [0.05, 0.1) is 16.8 Å². The summed E-state index contributed by atoms with van der Waals surface area (Å²) in [5, 5.41) is 12.7. The Hall–Kier alpha value is -2.25. The molecule has 0 fully saturated rings. The molecule has 0 saturated heterocycles. The first kappa shape index (κ1) is 11.8. The number of nitriles is 1. The van der Waals surface area contributed by atoms with E-state index in [9.17, 15) is 4.79 Å². The molecule has 92 valence electrons. The van der Waals surface area contributed by atoms with Gasteiger partial charge in [-0.3, -0.25) is 9.36 Å². The lowest BCUT2D eigenvalue weighted by Crippen LogP contribution is -2.12. The molecule has 0 aliphatic heterocycles. The minimum atomic E-state index is -0.0658. The van der Waals surface area contributed by atoms with E-state index in [2.05, 4.69) is 0 Å². The van der Waals surface area contributed by atoms with E-state index >= 15 is 0 Å². The molecule has 0 bridgehead atoms. The molecule has 0 aliphatic rings. The number of hydrogen-bond acceptors (Lipinski definition) is 3. The minimum Gasteiger partial charge on any atom is -0.279 e. The van der Waals surface area contributed by atoms with Crippen LogP contribution in [0, 0.1) is 10.7 Å². The molecule has 0 atom stereocenters. The summed E-state index contributed by atoms with van der Waals surface area (Å²) >= 11 is 0.967. The van der Waals surface area contributed by atoms with Gasteiger partial charge in [-0.1, -0.05) is 36.4 Å². The van der Waals surface area contributed by atoms with Crippen molar-refractivity contribution < 1.29 is 4.79 Å². The third kappa shape index (κ3) is 1.88. The molecule has 4 heteroatoms. The van der Waals surface area contributed by atoms with Crippen molar-refractivity contribution in [1.82, 2.24) is 4.57 Å². The van der Waals surface area contributed by atoms with Crippen molar-refractivity contribution >= 4 is 39.5 Å². The molecular formula is C15H10N2OS. The lowest BCUT2D eigenvalue weighted by molar-refractivity contribution is 0.0952. The highest BCUT2D eigenvalue weighted by atomic mass is 32.2. The lowest BCUT2D eigenvalue weighted by atomic mass is 10.2. The van der Waals surface area contributed by atoms with Crippen LogP contribution in [0.2, 0.25) is 0 Å². The number of rotatable bonds is 2. The van der Waals surface area contributed by atoms with Crippen LogP contribution in [0.5, 0.6) is 0 Å². The van der Waals surface area contributed by atoms with Crippen LogP contribution in [0.3, 0.4) is 0 Å². The normalized spacial score (nSPS) is 10.7. The highest BCUT2D eigenvalue weighted by molar-refractivity contribution is 8.04. The number of benzene rings is 2. The standard InChI is InChI=1S/C15H10N2OS/c16-10-19-9-15(18)17-13-7-3-1-5-11(13)12-6-2-4-8-14(12)17/h1-8H,9H2. The minimum absolute atomic E-state index is 0.0658. The number of carbonyl (C=O) groups is 1. The molecule has 0 radical (unpaired) electrons. The number of hydrogen-bond donors (Lipinski definition) is 0. The highest BCUT2D eigenvalue weighted by Gasteiger charge is 2.14. The van der Waals surface area contributed by atoms with Gasteiger partial charge in [-0.05, 0) is 23.9 Å². The number of nitrogens with zero attached hydrogens (tertiary/aromatic N) is 2. The van der Waals surface area contributed by atoms with Crippen molar-refractivity contribution in [2.24, 2.45) is 0 Å². The Labute approximate surface area is 114 Å². The molecule has 1 aromatic heterocycles. The van der Waals surface area contributed by atoms with E-state index in [1.165, 1.54) is 0 Å². The number of carbonyl (C=O) groups excluding carboxylic acids is 1. The molecule has 0 aliphatic carbocycles. The van der Waals surface area contributed by atoms with E-state index < -0.39 is 0 Å². The Bertz CT molecular complexity index is 760. The van der Waals surface area contributed by atoms with Gasteiger partial charge in [-0.15, -0.1) is 0 Å². The fourth-order valence-corrected chi connectivity index (χ4v) is 2.67. The van der Waals surface area contributed by atoms with Crippen LogP contribution >= 0.6 is 11.8 Å². The zero-order valence-electron chi connectivity index (χ0n) is 10.0. The summed E-state index contributed by atoms with van der Waals surface area (Å²) in [6, 6.07) is 15.7. The maximum absolute atomic E-state index is 12.3. The zero-order chi connectivity index (χ0) is 13.2. The van der Waals surface area contributed by atoms with Gasteiger partial charge in [-0.2, -0.15) is 5.26 Å². The van der Waals surface area contributed by atoms with E-state index in [1.807, 2.05) is 53.9 Å². The Kier molecular flexibility index (Phi) is 2.98.